The van der Waals surface area contributed by atoms with Crippen LogP contribution >= 0.6 is 0 Å². The second kappa shape index (κ2) is 6.96. The molecule has 0 aliphatic heterocycles. The van der Waals surface area contributed by atoms with Gasteiger partial charge in [-0.2, -0.15) is 0 Å². The molecule has 1 N–H and O–H groups in total. The summed E-state index contributed by atoms with van der Waals surface area (Å²) in [7, 11) is 3.33. The smallest absolute Gasteiger partial charge is 0.168 e. The molecule has 3 heteroatoms. The first-order valence-electron chi connectivity index (χ1n) is 6.81. The van der Waals surface area contributed by atoms with Gasteiger partial charge in [-0.25, -0.2) is 0 Å². The van der Waals surface area contributed by atoms with Crippen LogP contribution in [-0.2, 0) is 6.54 Å². The summed E-state index contributed by atoms with van der Waals surface area (Å²) >= 11 is 0. The van der Waals surface area contributed by atoms with Crippen LogP contribution in [0.15, 0.2) is 42.5 Å². The van der Waals surface area contributed by atoms with Gasteiger partial charge in [0.25, 0.3) is 0 Å². The van der Waals surface area contributed by atoms with E-state index < -0.39 is 0 Å². The number of ether oxygens (including phenoxy) is 2. The van der Waals surface area contributed by atoms with Crippen LogP contribution in [0.4, 0.5) is 0 Å². The number of methoxy groups -OCH3 is 2. The van der Waals surface area contributed by atoms with Crippen molar-refractivity contribution in [2.24, 2.45) is 0 Å². The van der Waals surface area contributed by atoms with Crippen molar-refractivity contribution >= 4 is 0 Å². The minimum atomic E-state index is 0.753. The molecule has 0 aliphatic rings. The van der Waals surface area contributed by atoms with Gasteiger partial charge >= 0.3 is 0 Å². The van der Waals surface area contributed by atoms with Gasteiger partial charge in [0.15, 0.2) is 11.5 Å². The minimum Gasteiger partial charge on any atom is -0.493 e. The zero-order valence-electron chi connectivity index (χ0n) is 12.3. The van der Waals surface area contributed by atoms with Crippen LogP contribution in [0.1, 0.15) is 12.5 Å². The lowest BCUT2D eigenvalue weighted by Gasteiger charge is -2.15. The van der Waals surface area contributed by atoms with E-state index in [1.54, 1.807) is 14.2 Å². The number of benzene rings is 2. The maximum atomic E-state index is 5.54. The van der Waals surface area contributed by atoms with Crippen LogP contribution in [0.2, 0.25) is 0 Å². The highest BCUT2D eigenvalue weighted by Gasteiger charge is 2.13. The number of rotatable bonds is 6. The Kier molecular flexibility index (Phi) is 5.02. The first-order chi connectivity index (χ1) is 9.81. The molecule has 0 bridgehead atoms. The molecule has 0 spiro atoms. The molecule has 0 atom stereocenters. The summed E-state index contributed by atoms with van der Waals surface area (Å²) in [6.07, 6.45) is 0. The van der Waals surface area contributed by atoms with E-state index in [1.807, 2.05) is 18.2 Å². The summed E-state index contributed by atoms with van der Waals surface area (Å²) in [5.74, 6) is 1.53. The summed E-state index contributed by atoms with van der Waals surface area (Å²) in [5.41, 5.74) is 3.48. The van der Waals surface area contributed by atoms with Crippen molar-refractivity contribution in [1.82, 2.24) is 5.32 Å². The fourth-order valence-electron chi connectivity index (χ4n) is 2.30. The standard InChI is InChI=1S/C17H21NO2/c1-4-18-12-13-8-5-6-9-14(13)15-10-7-11-16(19-2)17(15)20-3/h5-11,18H,4,12H2,1-3H3. The number of para-hydroxylation sites is 1. The second-order valence-corrected chi connectivity index (χ2v) is 4.48. The zero-order chi connectivity index (χ0) is 14.4. The van der Waals surface area contributed by atoms with E-state index in [9.17, 15) is 0 Å². The minimum absolute atomic E-state index is 0.753. The molecular weight excluding hydrogens is 250 g/mol. The lowest BCUT2D eigenvalue weighted by Crippen LogP contribution is -2.12. The molecule has 2 aromatic rings. The molecule has 3 nitrogen and oxygen atoms in total. The normalized spacial score (nSPS) is 10.3. The first-order valence-corrected chi connectivity index (χ1v) is 6.81. The fourth-order valence-corrected chi connectivity index (χ4v) is 2.30. The Bertz CT molecular complexity index is 567. The molecule has 106 valence electrons. The molecule has 0 amide bonds. The number of hydrogen-bond acceptors (Lipinski definition) is 3. The summed E-state index contributed by atoms with van der Waals surface area (Å²) < 4.78 is 10.9. The molecule has 0 unspecified atom stereocenters. The highest BCUT2D eigenvalue weighted by Crippen LogP contribution is 2.39. The predicted molar refractivity (Wildman–Crippen MR) is 82.4 cm³/mol. The lowest BCUT2D eigenvalue weighted by molar-refractivity contribution is 0.356. The van der Waals surface area contributed by atoms with E-state index in [0.29, 0.717) is 0 Å². The monoisotopic (exact) mass is 271 g/mol. The van der Waals surface area contributed by atoms with Crippen LogP contribution in [0.25, 0.3) is 11.1 Å². The highest BCUT2D eigenvalue weighted by atomic mass is 16.5. The largest absolute Gasteiger partial charge is 0.493 e. The summed E-state index contributed by atoms with van der Waals surface area (Å²) in [5, 5.41) is 3.37. The van der Waals surface area contributed by atoms with E-state index in [4.69, 9.17) is 9.47 Å². The molecule has 2 aromatic carbocycles. The van der Waals surface area contributed by atoms with Crippen LogP contribution in [0.5, 0.6) is 11.5 Å². The van der Waals surface area contributed by atoms with Crippen molar-refractivity contribution in [1.29, 1.82) is 0 Å². The van der Waals surface area contributed by atoms with Crippen LogP contribution < -0.4 is 14.8 Å². The van der Waals surface area contributed by atoms with Gasteiger partial charge in [0.2, 0.25) is 0 Å². The molecule has 20 heavy (non-hydrogen) atoms. The van der Waals surface area contributed by atoms with E-state index >= 15 is 0 Å². The Morgan fingerprint density at radius 2 is 1.65 bits per heavy atom. The third-order valence-electron chi connectivity index (χ3n) is 3.28. The van der Waals surface area contributed by atoms with Crippen molar-refractivity contribution in [3.05, 3.63) is 48.0 Å². The maximum Gasteiger partial charge on any atom is 0.168 e. The third-order valence-corrected chi connectivity index (χ3v) is 3.28. The third kappa shape index (κ3) is 2.94. The molecule has 0 aliphatic carbocycles. The van der Waals surface area contributed by atoms with E-state index in [0.717, 1.165) is 30.2 Å². The summed E-state index contributed by atoms with van der Waals surface area (Å²) in [6, 6.07) is 14.3. The van der Waals surface area contributed by atoms with Gasteiger partial charge in [0, 0.05) is 12.1 Å². The summed E-state index contributed by atoms with van der Waals surface area (Å²) in [4.78, 5) is 0. The molecule has 0 aromatic heterocycles. The van der Waals surface area contributed by atoms with Crippen molar-refractivity contribution in [3.8, 4) is 22.6 Å². The average Bonchev–Trinajstić information content (AvgIpc) is 2.52. The van der Waals surface area contributed by atoms with Crippen LogP contribution in [-0.4, -0.2) is 20.8 Å². The zero-order valence-corrected chi connectivity index (χ0v) is 12.3. The van der Waals surface area contributed by atoms with Crippen LogP contribution in [0.3, 0.4) is 0 Å². The van der Waals surface area contributed by atoms with Crippen molar-refractivity contribution in [2.75, 3.05) is 20.8 Å². The first kappa shape index (κ1) is 14.4. The highest BCUT2D eigenvalue weighted by molar-refractivity contribution is 5.76. The van der Waals surface area contributed by atoms with E-state index in [2.05, 4.69) is 36.5 Å². The van der Waals surface area contributed by atoms with Gasteiger partial charge in [-0.1, -0.05) is 43.3 Å². The van der Waals surface area contributed by atoms with Crippen LogP contribution in [0, 0.1) is 0 Å². The van der Waals surface area contributed by atoms with E-state index in [-0.39, 0.29) is 0 Å². The quantitative estimate of drug-likeness (QED) is 0.872. The maximum absolute atomic E-state index is 5.54. The van der Waals surface area contributed by atoms with Gasteiger partial charge in [-0.15, -0.1) is 0 Å². The van der Waals surface area contributed by atoms with Gasteiger partial charge in [-0.3, -0.25) is 0 Å². The molecule has 0 saturated heterocycles. The van der Waals surface area contributed by atoms with Gasteiger partial charge in [0.1, 0.15) is 0 Å². The van der Waals surface area contributed by atoms with Crippen molar-refractivity contribution in [3.63, 3.8) is 0 Å². The molecule has 0 fully saturated rings. The predicted octanol–water partition coefficient (Wildman–Crippen LogP) is 3.48. The molecule has 0 saturated carbocycles. The lowest BCUT2D eigenvalue weighted by atomic mass is 9.98. The average molecular weight is 271 g/mol. The Morgan fingerprint density at radius 1 is 0.900 bits per heavy atom. The summed E-state index contributed by atoms with van der Waals surface area (Å²) in [6.45, 7) is 3.89. The van der Waals surface area contributed by atoms with Crippen molar-refractivity contribution in [2.45, 2.75) is 13.5 Å². The topological polar surface area (TPSA) is 30.5 Å². The molecule has 2 rings (SSSR count). The Balaban J connectivity index is 2.51. The Labute approximate surface area is 120 Å². The van der Waals surface area contributed by atoms with Crippen molar-refractivity contribution < 1.29 is 9.47 Å². The molecular formula is C17H21NO2. The number of hydrogen-bond donors (Lipinski definition) is 1. The van der Waals surface area contributed by atoms with Gasteiger partial charge in [0.05, 0.1) is 14.2 Å². The van der Waals surface area contributed by atoms with Gasteiger partial charge in [-0.05, 0) is 23.7 Å². The SMILES string of the molecule is CCNCc1ccccc1-c1cccc(OC)c1OC. The molecule has 0 heterocycles. The number of nitrogens with one attached hydrogen (secondary N) is 1. The molecule has 0 radical (unpaired) electrons. The Morgan fingerprint density at radius 3 is 2.35 bits per heavy atom. The Hall–Kier alpha value is -2.00. The van der Waals surface area contributed by atoms with E-state index in [1.165, 1.54) is 11.1 Å². The second-order valence-electron chi connectivity index (χ2n) is 4.48. The fraction of sp³-hybridized carbons (Fsp3) is 0.294. The van der Waals surface area contributed by atoms with Gasteiger partial charge < -0.3 is 14.8 Å².